The Kier molecular flexibility index (Phi) is 4.16. The minimum Gasteiger partial charge on any atom is -0.361 e. The van der Waals surface area contributed by atoms with Crippen molar-refractivity contribution >= 4 is 0 Å². The summed E-state index contributed by atoms with van der Waals surface area (Å²) in [6, 6.07) is 0. The van der Waals surface area contributed by atoms with Crippen LogP contribution in [0.25, 0.3) is 0 Å². The van der Waals surface area contributed by atoms with Crippen molar-refractivity contribution in [1.29, 1.82) is 0 Å². The highest BCUT2D eigenvalue weighted by molar-refractivity contribution is 5.01. The molecule has 0 saturated carbocycles. The van der Waals surface area contributed by atoms with E-state index >= 15 is 0 Å². The molecule has 2 rings (SSSR count). The van der Waals surface area contributed by atoms with Gasteiger partial charge in [0, 0.05) is 6.61 Å². The first-order valence-corrected chi connectivity index (χ1v) is 6.05. The average molecular weight is 224 g/mol. The van der Waals surface area contributed by atoms with Gasteiger partial charge in [0.2, 0.25) is 0 Å². The first-order valence-electron chi connectivity index (χ1n) is 6.05. The van der Waals surface area contributed by atoms with Crippen LogP contribution in [0.3, 0.4) is 0 Å². The van der Waals surface area contributed by atoms with Gasteiger partial charge in [0.25, 0.3) is 0 Å². The Morgan fingerprint density at radius 3 is 2.88 bits per heavy atom. The molecule has 1 unspecified atom stereocenters. The smallest absolute Gasteiger partial charge is 0.186 e. The van der Waals surface area contributed by atoms with Gasteiger partial charge in [-0.05, 0) is 26.2 Å². The molecule has 0 N–H and O–H groups in total. The SMILES string of the molecule is C=CC/C=C\CC[C@H]1OC(OCC)[C@@H]2O[C@H]12. The molecule has 0 aromatic carbocycles. The van der Waals surface area contributed by atoms with Gasteiger partial charge in [-0.15, -0.1) is 6.58 Å². The predicted octanol–water partition coefficient (Wildman–Crippen LogP) is 2.43. The summed E-state index contributed by atoms with van der Waals surface area (Å²) >= 11 is 0. The third-order valence-electron chi connectivity index (χ3n) is 2.92. The maximum absolute atomic E-state index is 5.77. The van der Waals surface area contributed by atoms with E-state index in [4.69, 9.17) is 14.2 Å². The lowest BCUT2D eigenvalue weighted by atomic mass is 10.1. The van der Waals surface area contributed by atoms with Crippen molar-refractivity contribution in [3.63, 3.8) is 0 Å². The lowest BCUT2D eigenvalue weighted by Gasteiger charge is -2.16. The molecular formula is C13H20O3. The van der Waals surface area contributed by atoms with Gasteiger partial charge in [-0.2, -0.15) is 0 Å². The largest absolute Gasteiger partial charge is 0.361 e. The monoisotopic (exact) mass is 224 g/mol. The molecule has 4 atom stereocenters. The lowest BCUT2D eigenvalue weighted by Crippen LogP contribution is -2.22. The van der Waals surface area contributed by atoms with Gasteiger partial charge in [-0.3, -0.25) is 0 Å². The van der Waals surface area contributed by atoms with Gasteiger partial charge in [0.15, 0.2) is 6.29 Å². The second kappa shape index (κ2) is 5.62. The average Bonchev–Trinajstić information content (AvgIpc) is 3.00. The van der Waals surface area contributed by atoms with Crippen LogP contribution in [0.4, 0.5) is 0 Å². The maximum Gasteiger partial charge on any atom is 0.186 e. The van der Waals surface area contributed by atoms with Crippen LogP contribution in [-0.4, -0.2) is 31.2 Å². The second-order valence-corrected chi connectivity index (χ2v) is 4.14. The number of ether oxygens (including phenoxy) is 3. The molecular weight excluding hydrogens is 204 g/mol. The zero-order chi connectivity index (χ0) is 11.4. The van der Waals surface area contributed by atoms with Crippen molar-refractivity contribution in [2.45, 2.75) is 50.8 Å². The molecule has 2 saturated heterocycles. The first kappa shape index (κ1) is 11.8. The van der Waals surface area contributed by atoms with E-state index in [1.807, 2.05) is 13.0 Å². The van der Waals surface area contributed by atoms with Crippen LogP contribution in [0.1, 0.15) is 26.2 Å². The van der Waals surface area contributed by atoms with Crippen molar-refractivity contribution in [3.05, 3.63) is 24.8 Å². The van der Waals surface area contributed by atoms with E-state index < -0.39 is 0 Å². The Morgan fingerprint density at radius 1 is 1.25 bits per heavy atom. The lowest BCUT2D eigenvalue weighted by molar-refractivity contribution is -0.171. The van der Waals surface area contributed by atoms with Gasteiger partial charge in [-0.1, -0.05) is 18.2 Å². The molecule has 2 aliphatic heterocycles. The fourth-order valence-electron chi connectivity index (χ4n) is 2.08. The van der Waals surface area contributed by atoms with Crippen molar-refractivity contribution in [3.8, 4) is 0 Å². The fourth-order valence-corrected chi connectivity index (χ4v) is 2.08. The van der Waals surface area contributed by atoms with E-state index in [0.29, 0.717) is 6.61 Å². The Hall–Kier alpha value is -0.640. The molecule has 16 heavy (non-hydrogen) atoms. The number of fused-ring (bicyclic) bond motifs is 1. The van der Waals surface area contributed by atoms with E-state index in [1.54, 1.807) is 0 Å². The Labute approximate surface area is 97.1 Å². The summed E-state index contributed by atoms with van der Waals surface area (Å²) in [5.74, 6) is 0. The van der Waals surface area contributed by atoms with Crippen LogP contribution in [0, 0.1) is 0 Å². The van der Waals surface area contributed by atoms with Crippen molar-refractivity contribution in [2.24, 2.45) is 0 Å². The minimum atomic E-state index is -0.128. The molecule has 3 nitrogen and oxygen atoms in total. The van der Waals surface area contributed by atoms with E-state index in [0.717, 1.165) is 19.3 Å². The molecule has 3 heteroatoms. The van der Waals surface area contributed by atoms with Crippen LogP contribution >= 0.6 is 0 Å². The molecule has 0 amide bonds. The quantitative estimate of drug-likeness (QED) is 0.491. The van der Waals surface area contributed by atoms with Crippen molar-refractivity contribution < 1.29 is 14.2 Å². The minimum absolute atomic E-state index is 0.128. The molecule has 2 heterocycles. The number of epoxide rings is 1. The van der Waals surface area contributed by atoms with Gasteiger partial charge < -0.3 is 14.2 Å². The summed E-state index contributed by atoms with van der Waals surface area (Å²) in [6.07, 6.45) is 9.76. The molecule has 90 valence electrons. The standard InChI is InChI=1S/C13H20O3/c1-3-5-6-7-8-9-10-11-12(16-11)13(15-10)14-4-2/h3,6-7,10-13H,1,4-5,8-9H2,2H3/b7-6-/t10-,11-,12-,13?/m1/s1. The second-order valence-electron chi connectivity index (χ2n) is 4.14. The van der Waals surface area contributed by atoms with Crippen LogP contribution in [0.5, 0.6) is 0 Å². The summed E-state index contributed by atoms with van der Waals surface area (Å²) in [6.45, 7) is 6.33. The van der Waals surface area contributed by atoms with Gasteiger partial charge in [0.1, 0.15) is 12.2 Å². The first-order chi connectivity index (χ1) is 7.86. The molecule has 2 fully saturated rings. The third kappa shape index (κ3) is 2.73. The molecule has 0 aromatic rings. The molecule has 0 bridgehead atoms. The Bertz CT molecular complexity index is 262. The van der Waals surface area contributed by atoms with Gasteiger partial charge in [-0.25, -0.2) is 0 Å². The van der Waals surface area contributed by atoms with Crippen LogP contribution in [0.2, 0.25) is 0 Å². The highest BCUT2D eigenvalue weighted by Gasteiger charge is 2.58. The normalized spacial score (nSPS) is 36.6. The Morgan fingerprint density at radius 2 is 2.12 bits per heavy atom. The number of rotatable bonds is 7. The zero-order valence-electron chi connectivity index (χ0n) is 9.80. The Balaban J connectivity index is 1.66. The van der Waals surface area contributed by atoms with Gasteiger partial charge in [0.05, 0.1) is 6.10 Å². The van der Waals surface area contributed by atoms with Crippen molar-refractivity contribution in [1.82, 2.24) is 0 Å². The number of hydrogen-bond acceptors (Lipinski definition) is 3. The van der Waals surface area contributed by atoms with E-state index in [1.165, 1.54) is 0 Å². The number of allylic oxidation sites excluding steroid dienone is 3. The van der Waals surface area contributed by atoms with E-state index in [-0.39, 0.29) is 24.6 Å². The van der Waals surface area contributed by atoms with Crippen LogP contribution in [0.15, 0.2) is 24.8 Å². The van der Waals surface area contributed by atoms with Crippen molar-refractivity contribution in [2.75, 3.05) is 6.61 Å². The number of hydrogen-bond donors (Lipinski definition) is 0. The molecule has 0 aliphatic carbocycles. The van der Waals surface area contributed by atoms with Crippen LogP contribution in [-0.2, 0) is 14.2 Å². The highest BCUT2D eigenvalue weighted by atomic mass is 16.8. The molecule has 0 radical (unpaired) electrons. The summed E-state index contributed by atoms with van der Waals surface area (Å²) in [7, 11) is 0. The summed E-state index contributed by atoms with van der Waals surface area (Å²) in [5.41, 5.74) is 0. The predicted molar refractivity (Wildman–Crippen MR) is 62.1 cm³/mol. The highest BCUT2D eigenvalue weighted by Crippen LogP contribution is 2.41. The summed E-state index contributed by atoms with van der Waals surface area (Å²) in [4.78, 5) is 0. The van der Waals surface area contributed by atoms with E-state index in [9.17, 15) is 0 Å². The molecule has 2 aliphatic rings. The fraction of sp³-hybridized carbons (Fsp3) is 0.692. The van der Waals surface area contributed by atoms with E-state index in [2.05, 4.69) is 18.7 Å². The molecule has 0 aromatic heterocycles. The molecule has 0 spiro atoms. The van der Waals surface area contributed by atoms with Gasteiger partial charge >= 0.3 is 0 Å². The zero-order valence-corrected chi connectivity index (χ0v) is 9.80. The van der Waals surface area contributed by atoms with Crippen LogP contribution < -0.4 is 0 Å². The topological polar surface area (TPSA) is 31.0 Å². The maximum atomic E-state index is 5.77. The third-order valence-corrected chi connectivity index (χ3v) is 2.92. The summed E-state index contributed by atoms with van der Waals surface area (Å²) < 4.78 is 16.7. The summed E-state index contributed by atoms with van der Waals surface area (Å²) in [5, 5.41) is 0.